The van der Waals surface area contributed by atoms with Crippen molar-refractivity contribution in [1.29, 1.82) is 0 Å². The molecule has 0 spiro atoms. The Morgan fingerprint density at radius 1 is 0.941 bits per heavy atom. The lowest BCUT2D eigenvalue weighted by Crippen LogP contribution is -2.57. The number of ether oxygens (including phenoxy) is 1. The fraction of sp³-hybridized carbons (Fsp3) is 0.920. The Hall–Kier alpha value is -1.45. The lowest BCUT2D eigenvalue weighted by Gasteiger charge is -2.43. The Labute approximate surface area is 202 Å². The van der Waals surface area contributed by atoms with Crippen LogP contribution < -0.4 is 10.6 Å². The Balaban J connectivity index is 1.08. The number of hydrogen-bond acceptors (Lipinski definition) is 5. The van der Waals surface area contributed by atoms with Gasteiger partial charge < -0.3 is 25.2 Å². The molecule has 3 saturated heterocycles. The van der Waals surface area contributed by atoms with E-state index in [9.17, 15) is 14.0 Å². The Bertz CT molecular complexity index is 709. The molecule has 5 aliphatic rings. The van der Waals surface area contributed by atoms with E-state index in [-0.39, 0.29) is 36.0 Å². The van der Waals surface area contributed by atoms with Crippen LogP contribution in [0.15, 0.2) is 0 Å². The van der Waals surface area contributed by atoms with Crippen LogP contribution in [-0.2, 0) is 9.53 Å². The summed E-state index contributed by atoms with van der Waals surface area (Å²) < 4.78 is 19.8. The van der Waals surface area contributed by atoms with Crippen molar-refractivity contribution in [2.24, 2.45) is 11.8 Å². The van der Waals surface area contributed by atoms with Crippen molar-refractivity contribution in [1.82, 2.24) is 25.3 Å². The molecule has 3 amide bonds. The van der Waals surface area contributed by atoms with E-state index in [1.165, 1.54) is 0 Å². The van der Waals surface area contributed by atoms with Gasteiger partial charge in [0, 0.05) is 63.3 Å². The van der Waals surface area contributed by atoms with Crippen molar-refractivity contribution >= 4 is 11.9 Å². The van der Waals surface area contributed by atoms with Crippen LogP contribution in [-0.4, -0.2) is 109 Å². The topological polar surface area (TPSA) is 77.2 Å². The molecule has 192 valence electrons. The van der Waals surface area contributed by atoms with Crippen molar-refractivity contribution in [3.8, 4) is 0 Å². The number of alkyl halides is 1. The van der Waals surface area contributed by atoms with Crippen LogP contribution in [0, 0.1) is 11.8 Å². The zero-order valence-corrected chi connectivity index (χ0v) is 20.6. The molecule has 8 nitrogen and oxygen atoms in total. The van der Waals surface area contributed by atoms with Crippen LogP contribution >= 0.6 is 0 Å². The van der Waals surface area contributed by atoms with Gasteiger partial charge in [-0.25, -0.2) is 9.18 Å². The summed E-state index contributed by atoms with van der Waals surface area (Å²) in [7, 11) is 0. The fourth-order valence-corrected chi connectivity index (χ4v) is 6.96. The average molecular weight is 480 g/mol. The summed E-state index contributed by atoms with van der Waals surface area (Å²) in [6.07, 6.45) is 5.61. The second-order valence-electron chi connectivity index (χ2n) is 11.1. The third-order valence-corrected chi connectivity index (χ3v) is 9.03. The molecule has 5 rings (SSSR count). The van der Waals surface area contributed by atoms with Crippen molar-refractivity contribution in [2.75, 3.05) is 52.5 Å². The minimum Gasteiger partial charge on any atom is -0.378 e. The molecule has 9 heteroatoms. The summed E-state index contributed by atoms with van der Waals surface area (Å²) in [6.45, 7) is 8.13. The summed E-state index contributed by atoms with van der Waals surface area (Å²) in [5, 5.41) is 6.77. The number of rotatable bonds is 3. The molecule has 34 heavy (non-hydrogen) atoms. The van der Waals surface area contributed by atoms with Crippen LogP contribution in [0.5, 0.6) is 0 Å². The van der Waals surface area contributed by atoms with E-state index in [1.807, 2.05) is 9.80 Å². The maximum Gasteiger partial charge on any atom is 0.320 e. The van der Waals surface area contributed by atoms with Gasteiger partial charge in [0.05, 0.1) is 19.3 Å². The predicted molar refractivity (Wildman–Crippen MR) is 127 cm³/mol. The molecular formula is C25H42FN5O3. The molecule has 0 aromatic carbocycles. The molecule has 7 atom stereocenters. The number of piperazine rings is 1. The summed E-state index contributed by atoms with van der Waals surface area (Å²) >= 11 is 0. The first kappa shape index (κ1) is 24.3. The third kappa shape index (κ3) is 5.21. The van der Waals surface area contributed by atoms with Crippen molar-refractivity contribution in [3.63, 3.8) is 0 Å². The number of halogens is 1. The first-order chi connectivity index (χ1) is 16.5. The van der Waals surface area contributed by atoms with E-state index in [0.717, 1.165) is 58.3 Å². The number of amides is 3. The molecule has 0 aromatic rings. The minimum absolute atomic E-state index is 0.0185. The van der Waals surface area contributed by atoms with Crippen LogP contribution in [0.2, 0.25) is 0 Å². The second kappa shape index (κ2) is 10.7. The second-order valence-corrected chi connectivity index (χ2v) is 11.1. The van der Waals surface area contributed by atoms with Crippen molar-refractivity contribution in [3.05, 3.63) is 0 Å². The van der Waals surface area contributed by atoms with Gasteiger partial charge in [-0.1, -0.05) is 6.92 Å². The number of fused-ring (bicyclic) bond motifs is 1. The normalized spacial score (nSPS) is 39.5. The lowest BCUT2D eigenvalue weighted by atomic mass is 9.77. The third-order valence-electron chi connectivity index (χ3n) is 9.03. The maximum absolute atomic E-state index is 14.4. The van der Waals surface area contributed by atoms with E-state index < -0.39 is 6.17 Å². The van der Waals surface area contributed by atoms with Gasteiger partial charge in [-0.15, -0.1) is 0 Å². The summed E-state index contributed by atoms with van der Waals surface area (Å²) in [5.74, 6) is 0.470. The van der Waals surface area contributed by atoms with Gasteiger partial charge in [-0.2, -0.15) is 0 Å². The summed E-state index contributed by atoms with van der Waals surface area (Å²) in [6, 6.07) is 0.654. The lowest BCUT2D eigenvalue weighted by molar-refractivity contribution is -0.124. The van der Waals surface area contributed by atoms with Gasteiger partial charge in [-0.3, -0.25) is 9.69 Å². The molecular weight excluding hydrogens is 437 g/mol. The molecule has 2 saturated carbocycles. The zero-order valence-electron chi connectivity index (χ0n) is 20.6. The molecule has 3 aliphatic heterocycles. The van der Waals surface area contributed by atoms with Gasteiger partial charge in [0.1, 0.15) is 6.17 Å². The highest BCUT2D eigenvalue weighted by molar-refractivity contribution is 5.82. The molecule has 0 aromatic heterocycles. The van der Waals surface area contributed by atoms with Crippen LogP contribution in [0.1, 0.15) is 51.9 Å². The van der Waals surface area contributed by atoms with Crippen LogP contribution in [0.25, 0.3) is 0 Å². The summed E-state index contributed by atoms with van der Waals surface area (Å²) in [4.78, 5) is 32.2. The van der Waals surface area contributed by atoms with E-state index in [4.69, 9.17) is 4.74 Å². The molecule has 5 fully saturated rings. The quantitative estimate of drug-likeness (QED) is 0.643. The monoisotopic (exact) mass is 479 g/mol. The number of morpholine rings is 1. The molecule has 5 unspecified atom stereocenters. The minimum atomic E-state index is -0.778. The number of urea groups is 1. The highest BCUT2D eigenvalue weighted by Crippen LogP contribution is 2.38. The van der Waals surface area contributed by atoms with E-state index in [0.29, 0.717) is 51.1 Å². The molecule has 2 N–H and O–H groups in total. The Morgan fingerprint density at radius 2 is 1.68 bits per heavy atom. The smallest absolute Gasteiger partial charge is 0.320 e. The zero-order chi connectivity index (χ0) is 23.7. The highest BCUT2D eigenvalue weighted by atomic mass is 19.1. The number of carbonyl (C=O) groups is 2. The predicted octanol–water partition coefficient (Wildman–Crippen LogP) is 1.60. The number of carbonyl (C=O) groups excluding carboxylic acids is 2. The number of nitrogens with one attached hydrogen (secondary N) is 2. The molecule has 2 aliphatic carbocycles. The van der Waals surface area contributed by atoms with Gasteiger partial charge in [0.25, 0.3) is 0 Å². The first-order valence-corrected chi connectivity index (χ1v) is 13.6. The average Bonchev–Trinajstić information content (AvgIpc) is 3.34. The standard InChI is InChI=1S/C25H42FN5O3/c1-17-5-6-21(26)20-16-22(28-23(17)20)24(32)27-18-3-2-4-19(15-18)29-7-9-30(10-8-29)25(33)31-11-13-34-14-12-31/h17-23,28H,2-16H2,1H3,(H,27,32)/t17?,18-,19-,20?,21?,22?,23?/m1/s1. The number of nitrogens with zero attached hydrogens (tertiary/aromatic N) is 3. The SMILES string of the molecule is CC1CCC(F)C2CC(C(=O)N[C@@H]3CCC[C@@H](N4CCN(C(=O)N5CCOCC5)CC4)C3)NC12. The van der Waals surface area contributed by atoms with Crippen molar-refractivity contribution in [2.45, 2.75) is 82.2 Å². The molecule has 0 bridgehead atoms. The van der Waals surface area contributed by atoms with Crippen LogP contribution in [0.3, 0.4) is 0 Å². The molecule has 3 heterocycles. The van der Waals surface area contributed by atoms with Crippen LogP contribution in [0.4, 0.5) is 9.18 Å². The maximum atomic E-state index is 14.4. The van der Waals surface area contributed by atoms with Gasteiger partial charge >= 0.3 is 6.03 Å². The van der Waals surface area contributed by atoms with Gasteiger partial charge in [0.2, 0.25) is 5.91 Å². The molecule has 0 radical (unpaired) electrons. The van der Waals surface area contributed by atoms with Crippen molar-refractivity contribution < 1.29 is 18.7 Å². The van der Waals surface area contributed by atoms with Gasteiger partial charge in [0.15, 0.2) is 0 Å². The Kier molecular flexibility index (Phi) is 7.61. The van der Waals surface area contributed by atoms with E-state index >= 15 is 0 Å². The first-order valence-electron chi connectivity index (χ1n) is 13.6. The number of hydrogen-bond donors (Lipinski definition) is 2. The van der Waals surface area contributed by atoms with E-state index in [2.05, 4.69) is 22.5 Å². The fourth-order valence-electron chi connectivity index (χ4n) is 6.96. The van der Waals surface area contributed by atoms with Gasteiger partial charge in [-0.05, 0) is 50.9 Å². The largest absolute Gasteiger partial charge is 0.378 e. The highest BCUT2D eigenvalue weighted by Gasteiger charge is 2.46. The van der Waals surface area contributed by atoms with E-state index in [1.54, 1.807) is 0 Å². The summed E-state index contributed by atoms with van der Waals surface area (Å²) in [5.41, 5.74) is 0. The Morgan fingerprint density at radius 3 is 2.41 bits per heavy atom.